The number of nitro groups is 1. The quantitative estimate of drug-likeness (QED) is 0.544. The van der Waals surface area contributed by atoms with Crippen LogP contribution in [0, 0.1) is 24.0 Å². The summed E-state index contributed by atoms with van der Waals surface area (Å²) in [6.07, 6.45) is 0. The average Bonchev–Trinajstić information content (AvgIpc) is 2.51. The van der Waals surface area contributed by atoms with E-state index in [1.54, 1.807) is 32.0 Å². The Bertz CT molecular complexity index is 897. The van der Waals surface area contributed by atoms with Crippen LogP contribution >= 0.6 is 15.9 Å². The molecule has 0 aliphatic carbocycles. The van der Waals surface area contributed by atoms with E-state index in [-0.39, 0.29) is 17.1 Å². The number of aryl methyl sites for hydroxylation is 2. The summed E-state index contributed by atoms with van der Waals surface area (Å²) in [7, 11) is -3.89. The van der Waals surface area contributed by atoms with Crippen LogP contribution in [-0.2, 0) is 10.0 Å². The molecule has 0 radical (unpaired) electrons. The number of hydrogen-bond acceptors (Lipinski definition) is 4. The highest BCUT2D eigenvalue weighted by molar-refractivity contribution is 9.10. The van der Waals surface area contributed by atoms with E-state index in [2.05, 4.69) is 15.9 Å². The van der Waals surface area contributed by atoms with Crippen molar-refractivity contribution in [2.24, 2.45) is 0 Å². The molecule has 0 saturated carbocycles. The Labute approximate surface area is 149 Å². The summed E-state index contributed by atoms with van der Waals surface area (Å²) in [6.45, 7) is 5.37. The second kappa shape index (κ2) is 6.90. The zero-order valence-corrected chi connectivity index (χ0v) is 15.9. The van der Waals surface area contributed by atoms with Gasteiger partial charge in [0.15, 0.2) is 0 Å². The molecule has 6 nitrogen and oxygen atoms in total. The zero-order valence-electron chi connectivity index (χ0n) is 13.5. The maximum Gasteiger partial charge on any atom is 0.273 e. The van der Waals surface area contributed by atoms with Crippen LogP contribution < -0.4 is 4.31 Å². The molecule has 128 valence electrons. The number of nitro benzene ring substituents is 1. The molecule has 0 fully saturated rings. The van der Waals surface area contributed by atoms with Crippen molar-refractivity contribution in [3.8, 4) is 0 Å². The molecule has 24 heavy (non-hydrogen) atoms. The average molecular weight is 413 g/mol. The first-order valence-corrected chi connectivity index (χ1v) is 9.45. The Morgan fingerprint density at radius 2 is 1.79 bits per heavy atom. The van der Waals surface area contributed by atoms with Gasteiger partial charge in [0.1, 0.15) is 0 Å². The van der Waals surface area contributed by atoms with Crippen LogP contribution in [0.2, 0.25) is 0 Å². The topological polar surface area (TPSA) is 80.5 Å². The first-order valence-electron chi connectivity index (χ1n) is 7.22. The number of hydrogen-bond donors (Lipinski definition) is 0. The lowest BCUT2D eigenvalue weighted by Crippen LogP contribution is -2.30. The Kier molecular flexibility index (Phi) is 5.29. The summed E-state index contributed by atoms with van der Waals surface area (Å²) in [4.78, 5) is 10.4. The van der Waals surface area contributed by atoms with Gasteiger partial charge in [-0.3, -0.25) is 14.4 Å². The second-order valence-corrected chi connectivity index (χ2v) is 8.03. The van der Waals surface area contributed by atoms with Crippen LogP contribution in [0.1, 0.15) is 18.1 Å². The third-order valence-corrected chi connectivity index (χ3v) is 6.47. The SMILES string of the molecule is CCN(c1ccc(Br)c(C)c1)S(=O)(=O)c1ccc(C)c([N+](=O)[O-])c1. The third kappa shape index (κ3) is 3.44. The number of rotatable bonds is 5. The van der Waals surface area contributed by atoms with Crippen molar-refractivity contribution in [1.82, 2.24) is 0 Å². The van der Waals surface area contributed by atoms with Gasteiger partial charge in [-0.05, 0) is 50.6 Å². The maximum atomic E-state index is 12.9. The van der Waals surface area contributed by atoms with E-state index in [9.17, 15) is 18.5 Å². The molecule has 0 amide bonds. The molecule has 2 aromatic carbocycles. The van der Waals surface area contributed by atoms with E-state index in [0.717, 1.165) is 16.1 Å². The highest BCUT2D eigenvalue weighted by atomic mass is 79.9. The van der Waals surface area contributed by atoms with Crippen LogP contribution in [-0.4, -0.2) is 19.9 Å². The number of benzene rings is 2. The smallest absolute Gasteiger partial charge is 0.267 e. The van der Waals surface area contributed by atoms with Crippen molar-refractivity contribution in [1.29, 1.82) is 0 Å². The number of halogens is 1. The Morgan fingerprint density at radius 1 is 1.12 bits per heavy atom. The van der Waals surface area contributed by atoms with E-state index in [1.165, 1.54) is 16.4 Å². The molecule has 2 rings (SSSR count). The van der Waals surface area contributed by atoms with Crippen molar-refractivity contribution < 1.29 is 13.3 Å². The maximum absolute atomic E-state index is 12.9. The molecule has 8 heteroatoms. The molecule has 0 bridgehead atoms. The molecule has 0 unspecified atom stereocenters. The standard InChI is InChI=1S/C16H17BrN2O4S/c1-4-18(13-6-8-15(17)12(3)9-13)24(22,23)14-7-5-11(2)16(10-14)19(20)21/h5-10H,4H2,1-3H3. The van der Waals surface area contributed by atoms with Crippen molar-refractivity contribution in [2.75, 3.05) is 10.8 Å². The van der Waals surface area contributed by atoms with Gasteiger partial charge in [-0.25, -0.2) is 8.42 Å². The van der Waals surface area contributed by atoms with Gasteiger partial charge < -0.3 is 0 Å². The number of anilines is 1. The first kappa shape index (κ1) is 18.4. The van der Waals surface area contributed by atoms with Gasteiger partial charge in [-0.2, -0.15) is 0 Å². The van der Waals surface area contributed by atoms with Crippen molar-refractivity contribution in [2.45, 2.75) is 25.7 Å². The molecular weight excluding hydrogens is 396 g/mol. The van der Waals surface area contributed by atoms with Gasteiger partial charge in [0, 0.05) is 22.6 Å². The van der Waals surface area contributed by atoms with Crippen LogP contribution in [0.5, 0.6) is 0 Å². The second-order valence-electron chi connectivity index (χ2n) is 5.31. The molecule has 2 aromatic rings. The summed E-state index contributed by atoms with van der Waals surface area (Å²) in [6, 6.07) is 9.19. The fourth-order valence-electron chi connectivity index (χ4n) is 2.35. The van der Waals surface area contributed by atoms with Gasteiger partial charge in [-0.1, -0.05) is 22.0 Å². The van der Waals surface area contributed by atoms with E-state index in [1.807, 2.05) is 6.92 Å². The normalized spacial score (nSPS) is 11.3. The molecule has 0 aromatic heterocycles. The van der Waals surface area contributed by atoms with E-state index in [0.29, 0.717) is 11.3 Å². The van der Waals surface area contributed by atoms with Gasteiger partial charge in [0.25, 0.3) is 15.7 Å². The zero-order chi connectivity index (χ0) is 18.1. The summed E-state index contributed by atoms with van der Waals surface area (Å²) < 4.78 is 28.0. The third-order valence-electron chi connectivity index (χ3n) is 3.68. The number of sulfonamides is 1. The van der Waals surface area contributed by atoms with Gasteiger partial charge >= 0.3 is 0 Å². The molecule has 0 saturated heterocycles. The molecule has 0 atom stereocenters. The minimum Gasteiger partial charge on any atom is -0.267 e. The van der Waals surface area contributed by atoms with Gasteiger partial charge in [0.05, 0.1) is 15.5 Å². The molecule has 0 aliphatic heterocycles. The highest BCUT2D eigenvalue weighted by Gasteiger charge is 2.26. The molecular formula is C16H17BrN2O4S. The Hall–Kier alpha value is -1.93. The fourth-order valence-corrected chi connectivity index (χ4v) is 4.08. The number of nitrogens with zero attached hydrogens (tertiary/aromatic N) is 2. The van der Waals surface area contributed by atoms with Crippen LogP contribution in [0.15, 0.2) is 45.8 Å². The highest BCUT2D eigenvalue weighted by Crippen LogP contribution is 2.29. The van der Waals surface area contributed by atoms with Crippen molar-refractivity contribution in [3.05, 3.63) is 62.1 Å². The van der Waals surface area contributed by atoms with Crippen LogP contribution in [0.25, 0.3) is 0 Å². The molecule has 0 heterocycles. The van der Waals surface area contributed by atoms with Crippen molar-refractivity contribution in [3.63, 3.8) is 0 Å². The van der Waals surface area contributed by atoms with Crippen LogP contribution in [0.3, 0.4) is 0 Å². The molecule has 0 spiro atoms. The van der Waals surface area contributed by atoms with E-state index < -0.39 is 14.9 Å². The molecule has 0 aliphatic rings. The summed E-state index contributed by atoms with van der Waals surface area (Å²) in [5, 5.41) is 11.1. The minimum atomic E-state index is -3.89. The van der Waals surface area contributed by atoms with Crippen LogP contribution in [0.4, 0.5) is 11.4 Å². The summed E-state index contributed by atoms with van der Waals surface area (Å²) in [5.41, 5.74) is 1.62. The first-order chi connectivity index (χ1) is 11.2. The fraction of sp³-hybridized carbons (Fsp3) is 0.250. The Balaban J connectivity index is 2.56. The predicted molar refractivity (Wildman–Crippen MR) is 96.9 cm³/mol. The van der Waals surface area contributed by atoms with Gasteiger partial charge in [0.2, 0.25) is 0 Å². The predicted octanol–water partition coefficient (Wildman–Crippen LogP) is 4.19. The lowest BCUT2D eigenvalue weighted by atomic mass is 10.2. The van der Waals surface area contributed by atoms with Gasteiger partial charge in [-0.15, -0.1) is 0 Å². The van der Waals surface area contributed by atoms with Crippen molar-refractivity contribution >= 4 is 37.3 Å². The monoisotopic (exact) mass is 412 g/mol. The largest absolute Gasteiger partial charge is 0.273 e. The summed E-state index contributed by atoms with van der Waals surface area (Å²) >= 11 is 3.39. The minimum absolute atomic E-state index is 0.0952. The lowest BCUT2D eigenvalue weighted by Gasteiger charge is -2.23. The lowest BCUT2D eigenvalue weighted by molar-refractivity contribution is -0.385. The van der Waals surface area contributed by atoms with E-state index >= 15 is 0 Å². The molecule has 0 N–H and O–H groups in total. The summed E-state index contributed by atoms with van der Waals surface area (Å²) in [5.74, 6) is 0. The van der Waals surface area contributed by atoms with E-state index in [4.69, 9.17) is 0 Å². The Morgan fingerprint density at radius 3 is 2.33 bits per heavy atom.